The van der Waals surface area contributed by atoms with Crippen LogP contribution in [0.25, 0.3) is 5.69 Å². The second kappa shape index (κ2) is 6.64. The van der Waals surface area contributed by atoms with Crippen LogP contribution in [0.4, 0.5) is 0 Å². The molecule has 1 atom stereocenters. The third-order valence-electron chi connectivity index (χ3n) is 3.82. The number of rotatable bonds is 4. The van der Waals surface area contributed by atoms with Crippen LogP contribution in [0, 0.1) is 0 Å². The van der Waals surface area contributed by atoms with Crippen molar-refractivity contribution in [3.63, 3.8) is 0 Å². The van der Waals surface area contributed by atoms with Gasteiger partial charge in [0.2, 0.25) is 6.79 Å². The third-order valence-corrected chi connectivity index (χ3v) is 4.14. The van der Waals surface area contributed by atoms with Gasteiger partial charge in [0.25, 0.3) is 0 Å². The van der Waals surface area contributed by atoms with Gasteiger partial charge in [-0.3, -0.25) is 0 Å². The summed E-state index contributed by atoms with van der Waals surface area (Å²) >= 11 is 6.16. The van der Waals surface area contributed by atoms with E-state index in [9.17, 15) is 4.79 Å². The fraction of sp³-hybridized carbons (Fsp3) is 0.176. The Bertz CT molecular complexity index is 961. The number of para-hydroxylation sites is 1. The van der Waals surface area contributed by atoms with Crippen LogP contribution in [0.5, 0.6) is 11.5 Å². The predicted molar refractivity (Wildman–Crippen MR) is 90.6 cm³/mol. The lowest BCUT2D eigenvalue weighted by molar-refractivity contribution is 0.0315. The Balaban J connectivity index is 1.57. The van der Waals surface area contributed by atoms with Crippen LogP contribution < -0.4 is 9.47 Å². The van der Waals surface area contributed by atoms with Crippen molar-refractivity contribution in [3.8, 4) is 17.2 Å². The maximum Gasteiger partial charge on any atom is 0.340 e. The van der Waals surface area contributed by atoms with Crippen molar-refractivity contribution in [1.29, 1.82) is 0 Å². The first-order chi connectivity index (χ1) is 12.6. The molecule has 132 valence electrons. The minimum absolute atomic E-state index is 0.0897. The largest absolute Gasteiger partial charge is 0.454 e. The number of hydrogen-bond acceptors (Lipinski definition) is 7. The van der Waals surface area contributed by atoms with E-state index >= 15 is 0 Å². The summed E-state index contributed by atoms with van der Waals surface area (Å²) in [6, 6.07) is 12.3. The Kier molecular flexibility index (Phi) is 4.18. The zero-order valence-electron chi connectivity index (χ0n) is 13.6. The molecule has 1 aliphatic rings. The van der Waals surface area contributed by atoms with Gasteiger partial charge >= 0.3 is 5.97 Å². The Morgan fingerprint density at radius 3 is 2.73 bits per heavy atom. The fourth-order valence-electron chi connectivity index (χ4n) is 2.55. The van der Waals surface area contributed by atoms with Crippen molar-refractivity contribution in [1.82, 2.24) is 20.2 Å². The zero-order valence-corrected chi connectivity index (χ0v) is 14.4. The van der Waals surface area contributed by atoms with Crippen LogP contribution in [0.2, 0.25) is 5.02 Å². The van der Waals surface area contributed by atoms with Crippen molar-refractivity contribution >= 4 is 17.6 Å². The number of fused-ring (bicyclic) bond motifs is 1. The number of carbonyl (C=O) groups is 1. The molecule has 3 aromatic rings. The molecular weight excluding hydrogens is 360 g/mol. The van der Waals surface area contributed by atoms with Gasteiger partial charge in [0.1, 0.15) is 0 Å². The number of tetrazole rings is 1. The smallest absolute Gasteiger partial charge is 0.340 e. The van der Waals surface area contributed by atoms with Crippen LogP contribution in [0.15, 0.2) is 42.5 Å². The lowest BCUT2D eigenvalue weighted by atomic mass is 10.2. The minimum Gasteiger partial charge on any atom is -0.454 e. The maximum atomic E-state index is 12.5. The first-order valence-corrected chi connectivity index (χ1v) is 8.15. The molecule has 0 amide bonds. The van der Waals surface area contributed by atoms with Gasteiger partial charge in [0.15, 0.2) is 23.4 Å². The molecule has 2 heterocycles. The van der Waals surface area contributed by atoms with Crippen molar-refractivity contribution in [3.05, 3.63) is 58.9 Å². The molecule has 8 nitrogen and oxygen atoms in total. The predicted octanol–water partition coefficient (Wildman–Crippen LogP) is 2.96. The summed E-state index contributed by atoms with van der Waals surface area (Å²) in [5.41, 5.74) is 0.943. The quantitative estimate of drug-likeness (QED) is 0.650. The van der Waals surface area contributed by atoms with Gasteiger partial charge in [-0.1, -0.05) is 29.8 Å². The van der Waals surface area contributed by atoms with Gasteiger partial charge in [-0.15, -0.1) is 5.10 Å². The summed E-state index contributed by atoms with van der Waals surface area (Å²) < 4.78 is 17.5. The Morgan fingerprint density at radius 1 is 1.23 bits per heavy atom. The summed E-state index contributed by atoms with van der Waals surface area (Å²) in [6.45, 7) is 1.77. The van der Waals surface area contributed by atoms with E-state index in [0.29, 0.717) is 17.3 Å². The van der Waals surface area contributed by atoms with Gasteiger partial charge in [0, 0.05) is 12.1 Å². The number of nitrogens with zero attached hydrogens (tertiary/aromatic N) is 4. The third kappa shape index (κ3) is 2.95. The number of ether oxygens (including phenoxy) is 3. The Hall–Kier alpha value is -3.13. The fourth-order valence-corrected chi connectivity index (χ4v) is 2.78. The van der Waals surface area contributed by atoms with Crippen LogP contribution in [0.1, 0.15) is 29.2 Å². The molecule has 1 aromatic heterocycles. The van der Waals surface area contributed by atoms with E-state index in [4.69, 9.17) is 25.8 Å². The standard InChI is InChI=1S/C17H13ClN4O4/c1-10(16-19-20-21-22(16)11-5-3-2-4-6-11)26-17(23)12-7-14-15(8-13(12)18)25-9-24-14/h2-8,10H,9H2,1H3. The van der Waals surface area contributed by atoms with Crippen molar-refractivity contribution in [2.75, 3.05) is 6.79 Å². The highest BCUT2D eigenvalue weighted by atomic mass is 35.5. The number of carbonyl (C=O) groups excluding carboxylic acids is 1. The topological polar surface area (TPSA) is 88.4 Å². The lowest BCUT2D eigenvalue weighted by Crippen LogP contribution is -2.14. The molecule has 0 N–H and O–H groups in total. The van der Waals surface area contributed by atoms with Crippen molar-refractivity contribution < 1.29 is 19.0 Å². The van der Waals surface area contributed by atoms with Crippen molar-refractivity contribution in [2.24, 2.45) is 0 Å². The molecule has 0 spiro atoms. The molecule has 0 saturated heterocycles. The Morgan fingerprint density at radius 2 is 1.96 bits per heavy atom. The Labute approximate surface area is 153 Å². The first-order valence-electron chi connectivity index (χ1n) is 7.77. The molecule has 0 aliphatic carbocycles. The normalized spacial score (nSPS) is 13.5. The van der Waals surface area contributed by atoms with E-state index in [0.717, 1.165) is 5.69 Å². The highest BCUT2D eigenvalue weighted by molar-refractivity contribution is 6.33. The molecule has 0 fully saturated rings. The molecule has 1 unspecified atom stereocenters. The summed E-state index contributed by atoms with van der Waals surface area (Å²) in [6.07, 6.45) is -0.695. The van der Waals surface area contributed by atoms with Gasteiger partial charge in [-0.25, -0.2) is 4.79 Å². The van der Waals surface area contributed by atoms with E-state index in [1.54, 1.807) is 6.92 Å². The van der Waals surface area contributed by atoms with Gasteiger partial charge in [-0.05, 0) is 29.5 Å². The summed E-state index contributed by atoms with van der Waals surface area (Å²) in [5, 5.41) is 11.8. The summed E-state index contributed by atoms with van der Waals surface area (Å²) in [7, 11) is 0. The van der Waals surface area contributed by atoms with Crippen molar-refractivity contribution in [2.45, 2.75) is 13.0 Å². The zero-order chi connectivity index (χ0) is 18.1. The number of benzene rings is 2. The van der Waals surface area contributed by atoms with Gasteiger partial charge in [0.05, 0.1) is 16.3 Å². The van der Waals surface area contributed by atoms with Crippen LogP contribution in [-0.4, -0.2) is 33.0 Å². The second-order valence-corrected chi connectivity index (χ2v) is 5.92. The second-order valence-electron chi connectivity index (χ2n) is 5.52. The van der Waals surface area contributed by atoms with E-state index in [2.05, 4.69) is 15.5 Å². The van der Waals surface area contributed by atoms with E-state index in [-0.39, 0.29) is 17.4 Å². The molecule has 1 aliphatic heterocycles. The summed E-state index contributed by atoms with van der Waals surface area (Å²) in [5.74, 6) is 0.723. The van der Waals surface area contributed by atoms with Gasteiger partial charge in [-0.2, -0.15) is 4.68 Å². The average Bonchev–Trinajstić information content (AvgIpc) is 3.30. The number of aromatic nitrogens is 4. The molecule has 0 bridgehead atoms. The number of esters is 1. The molecule has 0 radical (unpaired) electrons. The first kappa shape index (κ1) is 16.3. The molecule has 4 rings (SSSR count). The summed E-state index contributed by atoms with van der Waals surface area (Å²) in [4.78, 5) is 12.5. The number of hydrogen-bond donors (Lipinski definition) is 0. The highest BCUT2D eigenvalue weighted by Gasteiger charge is 2.25. The van der Waals surface area contributed by atoms with E-state index in [1.165, 1.54) is 16.8 Å². The van der Waals surface area contributed by atoms with E-state index < -0.39 is 12.1 Å². The van der Waals surface area contributed by atoms with Crippen LogP contribution in [0.3, 0.4) is 0 Å². The average molecular weight is 373 g/mol. The molecular formula is C17H13ClN4O4. The van der Waals surface area contributed by atoms with Crippen LogP contribution >= 0.6 is 11.6 Å². The highest BCUT2D eigenvalue weighted by Crippen LogP contribution is 2.37. The number of halogens is 1. The van der Waals surface area contributed by atoms with Crippen LogP contribution in [-0.2, 0) is 4.74 Å². The lowest BCUT2D eigenvalue weighted by Gasteiger charge is -2.14. The van der Waals surface area contributed by atoms with Gasteiger partial charge < -0.3 is 14.2 Å². The SMILES string of the molecule is CC(OC(=O)c1cc2c(cc1Cl)OCO2)c1nnnn1-c1ccccc1. The molecule has 0 saturated carbocycles. The minimum atomic E-state index is -0.695. The maximum absolute atomic E-state index is 12.5. The molecule has 26 heavy (non-hydrogen) atoms. The monoisotopic (exact) mass is 372 g/mol. The molecule has 9 heteroatoms. The van der Waals surface area contributed by atoms with E-state index in [1.807, 2.05) is 30.3 Å². The molecule has 2 aromatic carbocycles.